The zero-order valence-electron chi connectivity index (χ0n) is 11.3. The molecule has 88 valence electrons. The van der Waals surface area contributed by atoms with E-state index in [9.17, 15) is 0 Å². The fourth-order valence-electron chi connectivity index (χ4n) is 4.53. The second-order valence-electron chi connectivity index (χ2n) is 7.41. The van der Waals surface area contributed by atoms with Crippen molar-refractivity contribution < 1.29 is 0 Å². The molecule has 15 heavy (non-hydrogen) atoms. The summed E-state index contributed by atoms with van der Waals surface area (Å²) in [4.78, 5) is 0. The van der Waals surface area contributed by atoms with E-state index in [1.54, 1.807) is 0 Å². The Bertz CT molecular complexity index is 236. The van der Waals surface area contributed by atoms with Crippen LogP contribution < -0.4 is 0 Å². The zero-order chi connectivity index (χ0) is 11.3. The zero-order valence-corrected chi connectivity index (χ0v) is 11.3. The maximum absolute atomic E-state index is 2.52. The maximum atomic E-state index is 2.52. The summed E-state index contributed by atoms with van der Waals surface area (Å²) < 4.78 is 0. The molecule has 0 saturated heterocycles. The van der Waals surface area contributed by atoms with Crippen molar-refractivity contribution in [1.29, 1.82) is 0 Å². The highest BCUT2D eigenvalue weighted by atomic mass is 14.6. The molecule has 0 radical (unpaired) electrons. The first-order valence-corrected chi connectivity index (χ1v) is 6.86. The molecular formula is C15H28. The van der Waals surface area contributed by atoms with Crippen LogP contribution in [0.15, 0.2) is 0 Å². The van der Waals surface area contributed by atoms with Gasteiger partial charge in [-0.3, -0.25) is 0 Å². The Morgan fingerprint density at radius 2 is 1.40 bits per heavy atom. The van der Waals surface area contributed by atoms with Crippen LogP contribution in [0.5, 0.6) is 0 Å². The van der Waals surface area contributed by atoms with Crippen LogP contribution in [0.3, 0.4) is 0 Å². The minimum Gasteiger partial charge on any atom is -0.0620 e. The Balaban J connectivity index is 2.29. The first-order chi connectivity index (χ1) is 6.86. The molecule has 0 N–H and O–H groups in total. The maximum Gasteiger partial charge on any atom is -0.0297 e. The second-order valence-corrected chi connectivity index (χ2v) is 7.41. The van der Waals surface area contributed by atoms with Crippen molar-refractivity contribution in [3.05, 3.63) is 0 Å². The van der Waals surface area contributed by atoms with Crippen molar-refractivity contribution in [2.75, 3.05) is 0 Å². The molecule has 0 aromatic rings. The summed E-state index contributed by atoms with van der Waals surface area (Å²) >= 11 is 0. The summed E-state index contributed by atoms with van der Waals surface area (Å²) in [5, 5.41) is 0. The molecule has 0 aromatic carbocycles. The van der Waals surface area contributed by atoms with Gasteiger partial charge in [0.25, 0.3) is 0 Å². The summed E-state index contributed by atoms with van der Waals surface area (Å²) in [6.45, 7) is 12.6. The number of rotatable bonds is 0. The van der Waals surface area contributed by atoms with Crippen LogP contribution in [0, 0.1) is 28.6 Å². The van der Waals surface area contributed by atoms with Crippen molar-refractivity contribution in [2.45, 2.75) is 66.7 Å². The van der Waals surface area contributed by atoms with Crippen molar-refractivity contribution >= 4 is 0 Å². The molecule has 3 unspecified atom stereocenters. The van der Waals surface area contributed by atoms with Gasteiger partial charge < -0.3 is 0 Å². The SMILES string of the molecule is CC1CC(C)(C)C2CCCCC2C1(C)C. The normalized spacial score (nSPS) is 43.4. The third kappa shape index (κ3) is 1.74. The highest BCUT2D eigenvalue weighted by molar-refractivity contribution is 5.00. The Labute approximate surface area is 95.8 Å². The minimum atomic E-state index is 0.584. The van der Waals surface area contributed by atoms with E-state index in [0.717, 1.165) is 17.8 Å². The van der Waals surface area contributed by atoms with E-state index in [1.807, 2.05) is 0 Å². The highest BCUT2D eigenvalue weighted by Crippen LogP contribution is 2.59. The van der Waals surface area contributed by atoms with Crippen molar-refractivity contribution in [2.24, 2.45) is 28.6 Å². The lowest BCUT2D eigenvalue weighted by atomic mass is 9.48. The molecular weight excluding hydrogens is 180 g/mol. The van der Waals surface area contributed by atoms with Gasteiger partial charge in [0, 0.05) is 0 Å². The predicted molar refractivity (Wildman–Crippen MR) is 66.8 cm³/mol. The van der Waals surface area contributed by atoms with Gasteiger partial charge in [-0.15, -0.1) is 0 Å². The first-order valence-electron chi connectivity index (χ1n) is 6.86. The molecule has 2 aliphatic rings. The standard InChI is InChI=1S/C15H28/c1-11-10-14(2,3)12-8-6-7-9-13(12)15(11,4)5/h11-13H,6-10H2,1-5H3. The minimum absolute atomic E-state index is 0.584. The number of hydrogen-bond acceptors (Lipinski definition) is 0. The molecule has 0 aromatic heterocycles. The monoisotopic (exact) mass is 208 g/mol. The lowest BCUT2D eigenvalue weighted by Gasteiger charge is -2.57. The molecule has 0 nitrogen and oxygen atoms in total. The fraction of sp³-hybridized carbons (Fsp3) is 1.00. The van der Waals surface area contributed by atoms with Gasteiger partial charge in [-0.1, -0.05) is 47.5 Å². The average molecular weight is 208 g/mol. The summed E-state index contributed by atoms with van der Waals surface area (Å²) in [5.74, 6) is 2.88. The van der Waals surface area contributed by atoms with Crippen molar-refractivity contribution in [3.8, 4) is 0 Å². The quantitative estimate of drug-likeness (QED) is 0.532. The van der Waals surface area contributed by atoms with Crippen molar-refractivity contribution in [3.63, 3.8) is 0 Å². The van der Waals surface area contributed by atoms with Gasteiger partial charge in [-0.25, -0.2) is 0 Å². The van der Waals surface area contributed by atoms with Crippen LogP contribution in [0.4, 0.5) is 0 Å². The highest BCUT2D eigenvalue weighted by Gasteiger charge is 2.51. The van der Waals surface area contributed by atoms with E-state index >= 15 is 0 Å². The average Bonchev–Trinajstić information content (AvgIpc) is 2.15. The van der Waals surface area contributed by atoms with Crippen molar-refractivity contribution in [1.82, 2.24) is 0 Å². The van der Waals surface area contributed by atoms with Gasteiger partial charge in [-0.2, -0.15) is 0 Å². The Morgan fingerprint density at radius 3 is 2.00 bits per heavy atom. The van der Waals surface area contributed by atoms with Gasteiger partial charge in [0.2, 0.25) is 0 Å². The van der Waals surface area contributed by atoms with Gasteiger partial charge >= 0.3 is 0 Å². The van der Waals surface area contributed by atoms with E-state index < -0.39 is 0 Å². The van der Waals surface area contributed by atoms with Crippen LogP contribution in [0.1, 0.15) is 66.7 Å². The fourth-order valence-corrected chi connectivity index (χ4v) is 4.53. The van der Waals surface area contributed by atoms with Crippen LogP contribution in [0.2, 0.25) is 0 Å². The van der Waals surface area contributed by atoms with Gasteiger partial charge in [0.1, 0.15) is 0 Å². The second kappa shape index (κ2) is 3.50. The van der Waals surface area contributed by atoms with Gasteiger partial charge in [-0.05, 0) is 47.8 Å². The van der Waals surface area contributed by atoms with Crippen LogP contribution in [-0.4, -0.2) is 0 Å². The third-order valence-electron chi connectivity index (χ3n) is 5.83. The molecule has 0 heteroatoms. The van der Waals surface area contributed by atoms with E-state index in [1.165, 1.54) is 32.1 Å². The van der Waals surface area contributed by atoms with Crippen LogP contribution in [0.25, 0.3) is 0 Å². The van der Waals surface area contributed by atoms with E-state index in [0.29, 0.717) is 10.8 Å². The van der Waals surface area contributed by atoms with E-state index in [4.69, 9.17) is 0 Å². The largest absolute Gasteiger partial charge is 0.0620 e. The van der Waals surface area contributed by atoms with Crippen LogP contribution in [-0.2, 0) is 0 Å². The molecule has 0 amide bonds. The summed E-state index contributed by atoms with van der Waals surface area (Å²) in [6, 6.07) is 0. The van der Waals surface area contributed by atoms with Gasteiger partial charge in [0.15, 0.2) is 0 Å². The Morgan fingerprint density at radius 1 is 0.867 bits per heavy atom. The molecule has 0 heterocycles. The lowest BCUT2D eigenvalue weighted by Crippen LogP contribution is -2.49. The Kier molecular flexibility index (Phi) is 2.68. The topological polar surface area (TPSA) is 0 Å². The molecule has 2 saturated carbocycles. The molecule has 2 fully saturated rings. The molecule has 2 rings (SSSR count). The summed E-state index contributed by atoms with van der Waals surface area (Å²) in [6.07, 6.45) is 7.38. The third-order valence-corrected chi connectivity index (χ3v) is 5.83. The number of fused-ring (bicyclic) bond motifs is 1. The number of hydrogen-bond donors (Lipinski definition) is 0. The lowest BCUT2D eigenvalue weighted by molar-refractivity contribution is -0.0815. The molecule has 0 spiro atoms. The van der Waals surface area contributed by atoms with E-state index in [2.05, 4.69) is 34.6 Å². The van der Waals surface area contributed by atoms with Crippen LogP contribution >= 0.6 is 0 Å². The van der Waals surface area contributed by atoms with E-state index in [-0.39, 0.29) is 0 Å². The van der Waals surface area contributed by atoms with Gasteiger partial charge in [0.05, 0.1) is 0 Å². The molecule has 2 aliphatic carbocycles. The summed E-state index contributed by atoms with van der Waals surface area (Å²) in [5.41, 5.74) is 1.18. The molecule has 0 aliphatic heterocycles. The smallest absolute Gasteiger partial charge is 0.0297 e. The molecule has 0 bridgehead atoms. The summed E-state index contributed by atoms with van der Waals surface area (Å²) in [7, 11) is 0. The Hall–Kier alpha value is 0. The predicted octanol–water partition coefficient (Wildman–Crippen LogP) is 4.89. The first kappa shape index (κ1) is 11.5. The molecule has 3 atom stereocenters.